The minimum Gasteiger partial charge on any atom is -0.502 e. The molecule has 0 fully saturated rings. The standard InChI is InChI=1S/C12H11N5O4/c1-7-4-9(15-14-7)12(19)16-13-6-8-2-3-10(17(20)21)11(18)5-8/h2-6,18H,1H3,(H,14,15)(H,16,19)/b13-6+. The molecule has 9 heteroatoms. The summed E-state index contributed by atoms with van der Waals surface area (Å²) >= 11 is 0. The van der Waals surface area contributed by atoms with E-state index in [0.717, 1.165) is 11.8 Å². The lowest BCUT2D eigenvalue weighted by molar-refractivity contribution is -0.385. The fourth-order valence-electron chi connectivity index (χ4n) is 1.53. The second-order valence-corrected chi connectivity index (χ2v) is 4.14. The van der Waals surface area contributed by atoms with Gasteiger partial charge < -0.3 is 5.11 Å². The molecule has 0 unspecified atom stereocenters. The summed E-state index contributed by atoms with van der Waals surface area (Å²) in [6.45, 7) is 1.76. The van der Waals surface area contributed by atoms with E-state index >= 15 is 0 Å². The van der Waals surface area contributed by atoms with Crippen LogP contribution in [0.4, 0.5) is 5.69 Å². The summed E-state index contributed by atoms with van der Waals surface area (Å²) in [5.41, 5.74) is 3.18. The summed E-state index contributed by atoms with van der Waals surface area (Å²) < 4.78 is 0. The molecule has 0 aliphatic rings. The molecule has 0 bridgehead atoms. The van der Waals surface area contributed by atoms with E-state index in [1.807, 2.05) is 0 Å². The number of aromatic hydroxyl groups is 1. The van der Waals surface area contributed by atoms with Gasteiger partial charge in [-0.15, -0.1) is 0 Å². The van der Waals surface area contributed by atoms with Gasteiger partial charge in [0, 0.05) is 11.8 Å². The number of nitrogens with one attached hydrogen (secondary N) is 2. The molecular formula is C12H11N5O4. The van der Waals surface area contributed by atoms with Gasteiger partial charge in [0.15, 0.2) is 11.4 Å². The van der Waals surface area contributed by atoms with Crippen molar-refractivity contribution >= 4 is 17.8 Å². The molecule has 0 aliphatic carbocycles. The summed E-state index contributed by atoms with van der Waals surface area (Å²) in [5.74, 6) is -0.972. The number of nitrogens with zero attached hydrogens (tertiary/aromatic N) is 3. The molecule has 1 aromatic carbocycles. The number of benzene rings is 1. The molecule has 2 aromatic rings. The van der Waals surface area contributed by atoms with Gasteiger partial charge in [-0.05, 0) is 30.7 Å². The first kappa shape index (κ1) is 14.2. The van der Waals surface area contributed by atoms with E-state index in [4.69, 9.17) is 0 Å². The van der Waals surface area contributed by atoms with Gasteiger partial charge in [0.2, 0.25) is 0 Å². The predicted molar refractivity (Wildman–Crippen MR) is 73.1 cm³/mol. The number of phenolic OH excluding ortho intramolecular Hbond substituents is 1. The predicted octanol–water partition coefficient (Wildman–Crippen LogP) is 1.10. The first-order chi connectivity index (χ1) is 9.97. The van der Waals surface area contributed by atoms with Crippen molar-refractivity contribution in [2.75, 3.05) is 0 Å². The first-order valence-electron chi connectivity index (χ1n) is 5.80. The van der Waals surface area contributed by atoms with Crippen molar-refractivity contribution in [3.8, 4) is 5.75 Å². The first-order valence-corrected chi connectivity index (χ1v) is 5.80. The van der Waals surface area contributed by atoms with Crippen LogP contribution in [0.1, 0.15) is 21.7 Å². The Morgan fingerprint density at radius 1 is 1.52 bits per heavy atom. The van der Waals surface area contributed by atoms with Crippen LogP contribution in [0.2, 0.25) is 0 Å². The van der Waals surface area contributed by atoms with Gasteiger partial charge in [-0.25, -0.2) is 5.43 Å². The van der Waals surface area contributed by atoms with Gasteiger partial charge in [0.1, 0.15) is 0 Å². The van der Waals surface area contributed by atoms with Crippen molar-refractivity contribution in [1.29, 1.82) is 0 Å². The van der Waals surface area contributed by atoms with Crippen LogP contribution in [0.15, 0.2) is 29.4 Å². The topological polar surface area (TPSA) is 134 Å². The van der Waals surface area contributed by atoms with Crippen molar-refractivity contribution in [1.82, 2.24) is 15.6 Å². The maximum Gasteiger partial charge on any atom is 0.310 e. The third-order valence-electron chi connectivity index (χ3n) is 2.51. The fourth-order valence-corrected chi connectivity index (χ4v) is 1.53. The van der Waals surface area contributed by atoms with Gasteiger partial charge in [-0.2, -0.15) is 10.2 Å². The van der Waals surface area contributed by atoms with Crippen molar-refractivity contribution in [2.24, 2.45) is 5.10 Å². The maximum absolute atomic E-state index is 11.6. The Morgan fingerprint density at radius 3 is 2.86 bits per heavy atom. The molecule has 0 aliphatic heterocycles. The zero-order valence-electron chi connectivity index (χ0n) is 10.9. The molecule has 0 atom stereocenters. The van der Waals surface area contributed by atoms with Gasteiger partial charge in [0.25, 0.3) is 5.91 Å². The number of carbonyl (C=O) groups is 1. The van der Waals surface area contributed by atoms with E-state index in [-0.39, 0.29) is 5.69 Å². The molecule has 108 valence electrons. The SMILES string of the molecule is Cc1cc(C(=O)N/N=C/c2ccc([N+](=O)[O-])c(O)c2)n[nH]1. The van der Waals surface area contributed by atoms with E-state index in [1.54, 1.807) is 13.0 Å². The third-order valence-corrected chi connectivity index (χ3v) is 2.51. The van der Waals surface area contributed by atoms with E-state index in [0.29, 0.717) is 5.56 Å². The van der Waals surface area contributed by atoms with Crippen LogP contribution in [-0.2, 0) is 0 Å². The second-order valence-electron chi connectivity index (χ2n) is 4.14. The number of aromatic amines is 1. The fraction of sp³-hybridized carbons (Fsp3) is 0.0833. The normalized spacial score (nSPS) is 10.7. The van der Waals surface area contributed by atoms with E-state index < -0.39 is 22.3 Å². The summed E-state index contributed by atoms with van der Waals surface area (Å²) in [7, 11) is 0. The van der Waals surface area contributed by atoms with Gasteiger partial charge in [-0.3, -0.25) is 20.0 Å². The molecule has 1 heterocycles. The summed E-state index contributed by atoms with van der Waals surface area (Å²) in [4.78, 5) is 21.5. The minimum absolute atomic E-state index is 0.191. The van der Waals surface area contributed by atoms with Crippen molar-refractivity contribution in [3.63, 3.8) is 0 Å². The molecular weight excluding hydrogens is 278 g/mol. The number of carbonyl (C=O) groups excluding carboxylic acids is 1. The van der Waals surface area contributed by atoms with Crippen LogP contribution < -0.4 is 5.43 Å². The van der Waals surface area contributed by atoms with Crippen LogP contribution in [0.3, 0.4) is 0 Å². The Balaban J connectivity index is 2.03. The molecule has 1 aromatic heterocycles. The number of amides is 1. The molecule has 0 saturated heterocycles. The summed E-state index contributed by atoms with van der Waals surface area (Å²) in [6.07, 6.45) is 1.25. The average molecular weight is 289 g/mol. The van der Waals surface area contributed by atoms with E-state index in [1.165, 1.54) is 18.3 Å². The number of nitro benzene ring substituents is 1. The number of hydrazone groups is 1. The molecule has 1 amide bonds. The lowest BCUT2D eigenvalue weighted by Crippen LogP contribution is -2.18. The molecule has 3 N–H and O–H groups in total. The van der Waals surface area contributed by atoms with Crippen LogP contribution >= 0.6 is 0 Å². The number of hydrogen-bond acceptors (Lipinski definition) is 6. The number of H-pyrrole nitrogens is 1. The number of phenols is 1. The number of nitro groups is 1. The molecule has 0 spiro atoms. The zero-order chi connectivity index (χ0) is 15.4. The van der Waals surface area contributed by atoms with Crippen LogP contribution in [0.5, 0.6) is 5.75 Å². The smallest absolute Gasteiger partial charge is 0.310 e. The van der Waals surface area contributed by atoms with Crippen molar-refractivity contribution < 1.29 is 14.8 Å². The summed E-state index contributed by atoms with van der Waals surface area (Å²) in [5, 5.41) is 30.1. The largest absolute Gasteiger partial charge is 0.502 e. The third kappa shape index (κ3) is 3.41. The molecule has 2 rings (SSSR count). The van der Waals surface area contributed by atoms with Crippen LogP contribution in [-0.4, -0.2) is 32.3 Å². The zero-order valence-corrected chi connectivity index (χ0v) is 10.9. The summed E-state index contributed by atoms with van der Waals surface area (Å²) in [6, 6.07) is 5.27. The van der Waals surface area contributed by atoms with Crippen molar-refractivity contribution in [2.45, 2.75) is 6.92 Å². The lowest BCUT2D eigenvalue weighted by atomic mass is 10.2. The van der Waals surface area contributed by atoms with Gasteiger partial charge in [-0.1, -0.05) is 0 Å². The molecule has 0 saturated carbocycles. The second kappa shape index (κ2) is 5.82. The highest BCUT2D eigenvalue weighted by molar-refractivity contribution is 5.93. The van der Waals surface area contributed by atoms with E-state index in [9.17, 15) is 20.0 Å². The number of hydrogen-bond donors (Lipinski definition) is 3. The molecule has 0 radical (unpaired) electrons. The number of aryl methyl sites for hydroxylation is 1. The van der Waals surface area contributed by atoms with Gasteiger partial charge >= 0.3 is 5.69 Å². The Morgan fingerprint density at radius 2 is 2.29 bits per heavy atom. The lowest BCUT2D eigenvalue weighted by Gasteiger charge is -1.98. The van der Waals surface area contributed by atoms with Crippen LogP contribution in [0.25, 0.3) is 0 Å². The van der Waals surface area contributed by atoms with Crippen LogP contribution in [0, 0.1) is 17.0 Å². The van der Waals surface area contributed by atoms with E-state index in [2.05, 4.69) is 20.7 Å². The maximum atomic E-state index is 11.6. The number of rotatable bonds is 4. The van der Waals surface area contributed by atoms with Gasteiger partial charge in [0.05, 0.1) is 11.1 Å². The van der Waals surface area contributed by atoms with Crippen molar-refractivity contribution in [3.05, 3.63) is 51.3 Å². The Hall–Kier alpha value is -3.23. The highest BCUT2D eigenvalue weighted by atomic mass is 16.6. The minimum atomic E-state index is -0.696. The Labute approximate surface area is 118 Å². The quantitative estimate of drug-likeness (QED) is 0.440. The monoisotopic (exact) mass is 289 g/mol. The molecule has 9 nitrogen and oxygen atoms in total. The number of aromatic nitrogens is 2. The Kier molecular flexibility index (Phi) is 3.93. The Bertz CT molecular complexity index is 722. The highest BCUT2D eigenvalue weighted by Crippen LogP contribution is 2.25. The highest BCUT2D eigenvalue weighted by Gasteiger charge is 2.12. The molecule has 21 heavy (non-hydrogen) atoms. The average Bonchev–Trinajstić information content (AvgIpc) is 2.85.